The van der Waals surface area contributed by atoms with Crippen LogP contribution in [0.4, 0.5) is 0 Å². The van der Waals surface area contributed by atoms with E-state index in [-0.39, 0.29) is 58.8 Å². The first-order chi connectivity index (χ1) is 22.2. The minimum Gasteiger partial charge on any atom is -0.477 e. The van der Waals surface area contributed by atoms with Gasteiger partial charge in [-0.25, -0.2) is 28.1 Å². The Morgan fingerprint density at radius 1 is 1.00 bits per heavy atom. The maximum atomic E-state index is 13.9. The molecule has 2 aliphatic heterocycles. The van der Waals surface area contributed by atoms with Crippen molar-refractivity contribution in [1.29, 1.82) is 0 Å². The Labute approximate surface area is 267 Å². The van der Waals surface area contributed by atoms with E-state index in [4.69, 9.17) is 9.72 Å². The second kappa shape index (κ2) is 13.3. The van der Waals surface area contributed by atoms with E-state index in [0.717, 1.165) is 38.0 Å². The quantitative estimate of drug-likeness (QED) is 0.249. The predicted octanol–water partition coefficient (Wildman–Crippen LogP) is 1.86. The van der Waals surface area contributed by atoms with E-state index in [1.165, 1.54) is 21.1 Å². The van der Waals surface area contributed by atoms with Gasteiger partial charge in [0.05, 0.1) is 30.6 Å². The van der Waals surface area contributed by atoms with Crippen LogP contribution in [0, 0.1) is 0 Å². The normalized spacial score (nSPS) is 16.4. The molecule has 0 radical (unpaired) electrons. The zero-order chi connectivity index (χ0) is 32.4. The van der Waals surface area contributed by atoms with Crippen LogP contribution in [-0.2, 0) is 28.3 Å². The van der Waals surface area contributed by atoms with Gasteiger partial charge in [-0.15, -0.1) is 0 Å². The summed E-state index contributed by atoms with van der Waals surface area (Å²) in [7, 11) is -2.38. The van der Waals surface area contributed by atoms with E-state index in [1.54, 1.807) is 30.9 Å². The first kappa shape index (κ1) is 31.8. The van der Waals surface area contributed by atoms with Crippen LogP contribution >= 0.6 is 0 Å². The fraction of sp³-hybridized carbons (Fsp3) is 0.484. The monoisotopic (exact) mass is 649 g/mol. The van der Waals surface area contributed by atoms with Gasteiger partial charge < -0.3 is 9.64 Å². The zero-order valence-electron chi connectivity index (χ0n) is 26.4. The van der Waals surface area contributed by atoms with E-state index in [0.29, 0.717) is 37.4 Å². The number of amides is 1. The number of hydrogen-bond acceptors (Lipinski definition) is 10. The van der Waals surface area contributed by atoms with Crippen LogP contribution in [0.3, 0.4) is 0 Å². The Hall–Kier alpha value is -4.21. The van der Waals surface area contributed by atoms with E-state index in [1.807, 2.05) is 28.9 Å². The van der Waals surface area contributed by atoms with Gasteiger partial charge in [0.15, 0.2) is 11.3 Å². The molecule has 0 spiro atoms. The molecule has 2 fully saturated rings. The molecule has 2 aliphatic rings. The molecule has 0 aromatic carbocycles. The van der Waals surface area contributed by atoms with Crippen molar-refractivity contribution in [2.24, 2.45) is 7.05 Å². The van der Waals surface area contributed by atoms with Gasteiger partial charge in [0.1, 0.15) is 16.2 Å². The number of sulfonamides is 1. The molecule has 6 rings (SSSR count). The number of aromatic nitrogens is 6. The Kier molecular flexibility index (Phi) is 9.15. The molecule has 244 valence electrons. The van der Waals surface area contributed by atoms with Crippen molar-refractivity contribution < 1.29 is 17.9 Å². The molecule has 4 aromatic rings. The summed E-state index contributed by atoms with van der Waals surface area (Å²) < 4.78 is 38.0. The van der Waals surface area contributed by atoms with Crippen molar-refractivity contribution in [3.63, 3.8) is 0 Å². The molecule has 46 heavy (non-hydrogen) atoms. The minimum atomic E-state index is -3.95. The Morgan fingerprint density at radius 2 is 1.76 bits per heavy atom. The predicted molar refractivity (Wildman–Crippen MR) is 171 cm³/mol. The third-order valence-electron chi connectivity index (χ3n) is 8.48. The molecule has 0 N–H and O–H groups in total. The number of aryl methyl sites for hydroxylation is 1. The highest BCUT2D eigenvalue weighted by Crippen LogP contribution is 2.31. The number of hydrogen-bond donors (Lipinski definition) is 0. The first-order valence-corrected chi connectivity index (χ1v) is 17.2. The van der Waals surface area contributed by atoms with Crippen molar-refractivity contribution in [3.05, 3.63) is 52.7 Å². The van der Waals surface area contributed by atoms with E-state index >= 15 is 0 Å². The highest BCUT2D eigenvalue weighted by atomic mass is 32.2. The summed E-state index contributed by atoms with van der Waals surface area (Å²) in [5.41, 5.74) is 1.23. The van der Waals surface area contributed by atoms with Crippen LogP contribution in [0.25, 0.3) is 28.2 Å². The fourth-order valence-corrected chi connectivity index (χ4v) is 7.43. The molecule has 0 atom stereocenters. The van der Waals surface area contributed by atoms with Crippen molar-refractivity contribution in [3.8, 4) is 23.1 Å². The molecule has 1 amide bonds. The zero-order valence-corrected chi connectivity index (χ0v) is 27.2. The molecule has 2 saturated heterocycles. The van der Waals surface area contributed by atoms with Crippen molar-refractivity contribution in [1.82, 2.24) is 43.4 Å². The van der Waals surface area contributed by atoms with Gasteiger partial charge in [-0.05, 0) is 44.4 Å². The number of pyridine rings is 2. The molecule has 4 aromatic heterocycles. The summed E-state index contributed by atoms with van der Waals surface area (Å²) in [4.78, 5) is 43.9. The molecule has 0 bridgehead atoms. The summed E-state index contributed by atoms with van der Waals surface area (Å²) in [5, 5.41) is 4.60. The number of rotatable bonds is 10. The van der Waals surface area contributed by atoms with Crippen LogP contribution in [0.5, 0.6) is 5.88 Å². The van der Waals surface area contributed by atoms with E-state index in [2.05, 4.69) is 15.1 Å². The highest BCUT2D eigenvalue weighted by molar-refractivity contribution is 7.89. The van der Waals surface area contributed by atoms with E-state index in [9.17, 15) is 18.0 Å². The number of fused-ring (bicyclic) bond motifs is 1. The van der Waals surface area contributed by atoms with Crippen molar-refractivity contribution in [2.75, 3.05) is 52.4 Å². The minimum absolute atomic E-state index is 0.0279. The Morgan fingerprint density at radius 3 is 2.43 bits per heavy atom. The standard InChI is InChI=1S/C31H39N9O5S/c1-4-10-24-27-28(35-40(24)25-11-6-7-12-32-25)31(42)36(3)29(34-27)23-19-22(20-33-30(23)45-5-2)46(43,44)39-17-15-37(16-18-39)21-26(41)38-13-8-9-14-38/h6-7,11-12,19-20H,4-5,8-10,13-18,21H2,1-3H3. The van der Waals surface area contributed by atoms with Crippen LogP contribution in [-0.4, -0.2) is 110 Å². The maximum absolute atomic E-state index is 13.9. The van der Waals surface area contributed by atoms with Gasteiger partial charge in [-0.3, -0.25) is 19.1 Å². The molecule has 0 unspecified atom stereocenters. The van der Waals surface area contributed by atoms with Crippen LogP contribution in [0.15, 0.2) is 46.3 Å². The highest BCUT2D eigenvalue weighted by Gasteiger charge is 2.32. The average Bonchev–Trinajstić information content (AvgIpc) is 3.73. The number of carbonyl (C=O) groups excluding carboxylic acids is 1. The molecule has 14 nitrogen and oxygen atoms in total. The lowest BCUT2D eigenvalue weighted by Crippen LogP contribution is -2.51. The summed E-state index contributed by atoms with van der Waals surface area (Å²) in [6.07, 6.45) is 6.37. The summed E-state index contributed by atoms with van der Waals surface area (Å²) in [6, 6.07) is 6.95. The number of likely N-dealkylation sites (tertiary alicyclic amines) is 1. The van der Waals surface area contributed by atoms with Gasteiger partial charge in [-0.2, -0.15) is 9.40 Å². The summed E-state index contributed by atoms with van der Waals surface area (Å²) in [6.45, 7) is 7.37. The third kappa shape index (κ3) is 6.01. The number of nitrogens with zero attached hydrogens (tertiary/aromatic N) is 9. The second-order valence-corrected chi connectivity index (χ2v) is 13.5. The van der Waals surface area contributed by atoms with Crippen molar-refractivity contribution in [2.45, 2.75) is 44.4 Å². The number of ether oxygens (including phenoxy) is 1. The molecular formula is C31H39N9O5S. The van der Waals surface area contributed by atoms with Gasteiger partial charge >= 0.3 is 0 Å². The van der Waals surface area contributed by atoms with Crippen LogP contribution in [0.2, 0.25) is 0 Å². The third-order valence-corrected chi connectivity index (χ3v) is 10.3. The summed E-state index contributed by atoms with van der Waals surface area (Å²) in [5.74, 6) is 1.05. The summed E-state index contributed by atoms with van der Waals surface area (Å²) >= 11 is 0. The molecular weight excluding hydrogens is 610 g/mol. The lowest BCUT2D eigenvalue weighted by Gasteiger charge is -2.34. The lowest BCUT2D eigenvalue weighted by molar-refractivity contribution is -0.131. The van der Waals surface area contributed by atoms with Gasteiger partial charge in [0.2, 0.25) is 21.8 Å². The largest absolute Gasteiger partial charge is 0.477 e. The molecule has 15 heteroatoms. The average molecular weight is 650 g/mol. The van der Waals surface area contributed by atoms with Crippen LogP contribution in [0.1, 0.15) is 38.8 Å². The Bertz CT molecular complexity index is 1890. The van der Waals surface area contributed by atoms with Gasteiger partial charge in [0.25, 0.3) is 5.56 Å². The maximum Gasteiger partial charge on any atom is 0.281 e. The van der Waals surface area contributed by atoms with Crippen LogP contribution < -0.4 is 10.3 Å². The fourth-order valence-electron chi connectivity index (χ4n) is 6.03. The molecule has 0 saturated carbocycles. The SMILES string of the molecule is CCCc1c2nc(-c3cc(S(=O)(=O)N4CCN(CC(=O)N5CCCC5)CC4)cnc3OCC)n(C)c(=O)c2nn1-c1ccccn1. The number of carbonyl (C=O) groups is 1. The number of piperazine rings is 1. The lowest BCUT2D eigenvalue weighted by atomic mass is 10.2. The Balaban J connectivity index is 1.35. The van der Waals surface area contributed by atoms with Crippen molar-refractivity contribution >= 4 is 27.0 Å². The van der Waals surface area contributed by atoms with Gasteiger partial charge in [0, 0.05) is 52.5 Å². The smallest absolute Gasteiger partial charge is 0.281 e. The van der Waals surface area contributed by atoms with E-state index < -0.39 is 10.0 Å². The topological polar surface area (TPSA) is 149 Å². The molecule has 0 aliphatic carbocycles. The first-order valence-electron chi connectivity index (χ1n) is 15.8. The molecule has 6 heterocycles. The second-order valence-electron chi connectivity index (χ2n) is 11.5. The van der Waals surface area contributed by atoms with Gasteiger partial charge in [-0.1, -0.05) is 19.4 Å².